The van der Waals surface area contributed by atoms with Crippen molar-refractivity contribution in [2.45, 2.75) is 25.3 Å². The smallest absolute Gasteiger partial charge is 0.263 e. The molecule has 10 nitrogen and oxygen atoms in total. The van der Waals surface area contributed by atoms with Crippen LogP contribution in [-0.2, 0) is 21.4 Å². The third-order valence-corrected chi connectivity index (χ3v) is 10.0. The fraction of sp³-hybridized carbons (Fsp3) is 0.296. The molecule has 0 unspecified atom stereocenters. The van der Waals surface area contributed by atoms with Crippen molar-refractivity contribution in [3.8, 4) is 5.75 Å². The molecule has 5 rings (SSSR count). The van der Waals surface area contributed by atoms with Crippen LogP contribution in [0.2, 0.25) is 0 Å². The van der Waals surface area contributed by atoms with Gasteiger partial charge in [-0.3, -0.25) is 14.2 Å². The predicted molar refractivity (Wildman–Crippen MR) is 152 cm³/mol. The highest BCUT2D eigenvalue weighted by Crippen LogP contribution is 2.34. The van der Waals surface area contributed by atoms with Crippen LogP contribution in [0, 0.1) is 19.7 Å². The number of ether oxygens (including phenoxy) is 1. The van der Waals surface area contributed by atoms with E-state index in [9.17, 15) is 22.4 Å². The van der Waals surface area contributed by atoms with Crippen molar-refractivity contribution in [3.63, 3.8) is 0 Å². The van der Waals surface area contributed by atoms with E-state index in [4.69, 9.17) is 4.74 Å². The molecule has 1 aliphatic rings. The number of anilines is 2. The Kier molecular flexibility index (Phi) is 7.62. The molecule has 0 saturated carbocycles. The van der Waals surface area contributed by atoms with Gasteiger partial charge in [0.15, 0.2) is 0 Å². The van der Waals surface area contributed by atoms with Crippen molar-refractivity contribution in [3.05, 3.63) is 75.4 Å². The number of benzene rings is 2. The number of aromatic nitrogens is 2. The Bertz CT molecular complexity index is 1760. The van der Waals surface area contributed by atoms with Gasteiger partial charge in [0.25, 0.3) is 5.56 Å². The number of carbonyl (C=O) groups is 1. The summed E-state index contributed by atoms with van der Waals surface area (Å²) in [6.45, 7) is 4.18. The largest absolute Gasteiger partial charge is 0.495 e. The van der Waals surface area contributed by atoms with Crippen LogP contribution in [0.1, 0.15) is 10.4 Å². The first-order chi connectivity index (χ1) is 19.1. The summed E-state index contributed by atoms with van der Waals surface area (Å²) < 4.78 is 49.4. The number of amides is 1. The Morgan fingerprint density at radius 2 is 1.85 bits per heavy atom. The van der Waals surface area contributed by atoms with Crippen LogP contribution in [0.15, 0.2) is 58.5 Å². The minimum absolute atomic E-state index is 0.0358. The minimum atomic E-state index is -4.03. The normalized spacial score (nSPS) is 14.4. The van der Waals surface area contributed by atoms with Crippen LogP contribution >= 0.6 is 11.3 Å². The molecule has 0 bridgehead atoms. The van der Waals surface area contributed by atoms with Crippen molar-refractivity contribution < 1.29 is 22.3 Å². The maximum absolute atomic E-state index is 13.9. The second-order valence-corrected chi connectivity index (χ2v) is 12.5. The summed E-state index contributed by atoms with van der Waals surface area (Å²) in [5.74, 6) is -0.331. The summed E-state index contributed by atoms with van der Waals surface area (Å²) in [6.07, 6.45) is 1.22. The standard InChI is InChI=1S/C27H28FN5O5S2/c1-17-8-9-19(14-20(17)28)30-23(34)15-32-16-29-26-24(27(32)35)25(18(2)39-26)40(36,37)33-12-10-31(11-13-33)21-6-4-5-7-22(21)38-3/h4-9,14,16H,10-13,15H2,1-3H3,(H,30,34). The number of carbonyl (C=O) groups excluding carboxylic acids is 1. The number of nitrogens with one attached hydrogen (secondary N) is 1. The molecule has 1 aliphatic heterocycles. The third-order valence-electron chi connectivity index (χ3n) is 6.83. The fourth-order valence-corrected chi connectivity index (χ4v) is 7.84. The molecule has 2 aromatic heterocycles. The monoisotopic (exact) mass is 585 g/mol. The first-order valence-corrected chi connectivity index (χ1v) is 14.8. The summed E-state index contributed by atoms with van der Waals surface area (Å²) in [4.78, 5) is 33.1. The molecule has 40 heavy (non-hydrogen) atoms. The van der Waals surface area contributed by atoms with Crippen molar-refractivity contribution >= 4 is 48.9 Å². The van der Waals surface area contributed by atoms with E-state index in [1.807, 2.05) is 24.3 Å². The molecule has 0 radical (unpaired) electrons. The molecule has 2 aromatic carbocycles. The Labute approximate surface area is 234 Å². The van der Waals surface area contributed by atoms with Crippen molar-refractivity contribution in [1.29, 1.82) is 0 Å². The summed E-state index contributed by atoms with van der Waals surface area (Å²) in [6, 6.07) is 11.8. The fourth-order valence-electron chi connectivity index (χ4n) is 4.75. The van der Waals surface area contributed by atoms with Gasteiger partial charge in [-0.25, -0.2) is 17.8 Å². The van der Waals surface area contributed by atoms with Crippen LogP contribution in [-0.4, -0.2) is 61.5 Å². The number of methoxy groups -OCH3 is 1. The number of nitrogens with zero attached hydrogens (tertiary/aromatic N) is 4. The second-order valence-electron chi connectivity index (χ2n) is 9.42. The summed E-state index contributed by atoms with van der Waals surface area (Å²) >= 11 is 1.12. The van der Waals surface area contributed by atoms with Gasteiger partial charge >= 0.3 is 0 Å². The van der Waals surface area contributed by atoms with Gasteiger partial charge in [-0.1, -0.05) is 18.2 Å². The highest BCUT2D eigenvalue weighted by atomic mass is 32.2. The number of hydrogen-bond acceptors (Lipinski definition) is 8. The highest BCUT2D eigenvalue weighted by molar-refractivity contribution is 7.89. The SMILES string of the molecule is COc1ccccc1N1CCN(S(=O)(=O)c2c(C)sc3ncn(CC(=O)Nc4ccc(C)c(F)c4)c(=O)c23)CC1. The average Bonchev–Trinajstić information content (AvgIpc) is 3.29. The number of hydrogen-bond donors (Lipinski definition) is 1. The van der Waals surface area contributed by atoms with E-state index >= 15 is 0 Å². The maximum Gasteiger partial charge on any atom is 0.263 e. The van der Waals surface area contributed by atoms with Gasteiger partial charge in [-0.15, -0.1) is 11.3 Å². The van der Waals surface area contributed by atoms with Crippen LogP contribution in [0.5, 0.6) is 5.75 Å². The average molecular weight is 586 g/mol. The molecule has 1 amide bonds. The topological polar surface area (TPSA) is 114 Å². The molecule has 4 aromatic rings. The van der Waals surface area contributed by atoms with Crippen LogP contribution in [0.3, 0.4) is 0 Å². The first kappa shape index (κ1) is 27.7. The van der Waals surface area contributed by atoms with Gasteiger partial charge in [0.1, 0.15) is 27.8 Å². The molecule has 1 saturated heterocycles. The Morgan fingerprint density at radius 1 is 1.12 bits per heavy atom. The predicted octanol–water partition coefficient (Wildman–Crippen LogP) is 3.37. The number of sulfonamides is 1. The lowest BCUT2D eigenvalue weighted by molar-refractivity contribution is -0.116. The zero-order valence-corrected chi connectivity index (χ0v) is 23.8. The molecule has 1 N–H and O–H groups in total. The minimum Gasteiger partial charge on any atom is -0.495 e. The molecule has 13 heteroatoms. The zero-order valence-electron chi connectivity index (χ0n) is 22.2. The van der Waals surface area contributed by atoms with E-state index in [0.29, 0.717) is 29.3 Å². The van der Waals surface area contributed by atoms with Crippen molar-refractivity contribution in [2.75, 3.05) is 43.5 Å². The van der Waals surface area contributed by atoms with E-state index < -0.39 is 33.9 Å². The second kappa shape index (κ2) is 11.0. The molecule has 1 fully saturated rings. The molecule has 3 heterocycles. The van der Waals surface area contributed by atoms with Gasteiger partial charge in [0, 0.05) is 36.7 Å². The van der Waals surface area contributed by atoms with Crippen LogP contribution < -0.4 is 20.5 Å². The molecular formula is C27H28FN5O5S2. The lowest BCUT2D eigenvalue weighted by atomic mass is 10.2. The molecule has 0 spiro atoms. The molecular weight excluding hydrogens is 557 g/mol. The van der Waals surface area contributed by atoms with E-state index in [2.05, 4.69) is 15.2 Å². The summed E-state index contributed by atoms with van der Waals surface area (Å²) in [7, 11) is -2.44. The maximum atomic E-state index is 13.9. The zero-order chi connectivity index (χ0) is 28.6. The number of aryl methyl sites for hydroxylation is 2. The van der Waals surface area contributed by atoms with Crippen molar-refractivity contribution in [2.24, 2.45) is 0 Å². The summed E-state index contributed by atoms with van der Waals surface area (Å²) in [5, 5.41) is 2.52. The molecule has 0 aliphatic carbocycles. The highest BCUT2D eigenvalue weighted by Gasteiger charge is 2.34. The lowest BCUT2D eigenvalue weighted by Crippen LogP contribution is -2.49. The number of piperazine rings is 1. The van der Waals surface area contributed by atoms with Gasteiger partial charge in [0.05, 0.1) is 24.5 Å². The van der Waals surface area contributed by atoms with Gasteiger partial charge in [0.2, 0.25) is 15.9 Å². The quantitative estimate of drug-likeness (QED) is 0.354. The molecule has 0 atom stereocenters. The number of rotatable bonds is 7. The van der Waals surface area contributed by atoms with Crippen molar-refractivity contribution in [1.82, 2.24) is 13.9 Å². The Morgan fingerprint density at radius 3 is 2.55 bits per heavy atom. The van der Waals surface area contributed by atoms with Gasteiger partial charge in [-0.05, 0) is 43.7 Å². The van der Waals surface area contributed by atoms with Gasteiger partial charge in [-0.2, -0.15) is 4.31 Å². The number of halogens is 1. The number of fused-ring (bicyclic) bond motifs is 1. The Balaban J connectivity index is 1.39. The third kappa shape index (κ3) is 5.19. The van der Waals surface area contributed by atoms with E-state index in [-0.39, 0.29) is 33.9 Å². The number of thiophene rings is 1. The van der Waals surface area contributed by atoms with E-state index in [1.54, 1.807) is 27.0 Å². The summed E-state index contributed by atoms with van der Waals surface area (Å²) in [5.41, 5.74) is 0.938. The van der Waals surface area contributed by atoms with Gasteiger partial charge < -0.3 is 15.0 Å². The molecule has 210 valence electrons. The van der Waals surface area contributed by atoms with Crippen LogP contribution in [0.25, 0.3) is 10.2 Å². The Hall–Kier alpha value is -3.81. The lowest BCUT2D eigenvalue weighted by Gasteiger charge is -2.35. The van der Waals surface area contributed by atoms with E-state index in [1.165, 1.54) is 22.8 Å². The van der Waals surface area contributed by atoms with E-state index in [0.717, 1.165) is 21.6 Å². The first-order valence-electron chi connectivity index (χ1n) is 12.5. The van der Waals surface area contributed by atoms with Crippen LogP contribution in [0.4, 0.5) is 15.8 Å². The number of para-hydroxylation sites is 2.